The zero-order valence-corrected chi connectivity index (χ0v) is 4.63. The van der Waals surface area contributed by atoms with Crippen molar-refractivity contribution in [2.45, 2.75) is 0 Å². The molecule has 8 heavy (non-hydrogen) atoms. The molecule has 0 saturated carbocycles. The molecule has 0 bridgehead atoms. The molecule has 0 N–H and O–H groups in total. The zero-order valence-electron chi connectivity index (χ0n) is 3.81. The average Bonchev–Trinajstić information content (AvgIpc) is 2.14. The van der Waals surface area contributed by atoms with Gasteiger partial charge in [-0.05, 0) is 0 Å². The van der Waals surface area contributed by atoms with Gasteiger partial charge in [0.05, 0.1) is 10.9 Å². The Bertz CT molecular complexity index is 223. The van der Waals surface area contributed by atoms with E-state index in [0.29, 0.717) is 0 Å². The van der Waals surface area contributed by atoms with Crippen LogP contribution in [0.4, 0.5) is 4.39 Å². The summed E-state index contributed by atoms with van der Waals surface area (Å²) < 4.78 is 12.1. The summed E-state index contributed by atoms with van der Waals surface area (Å²) in [7, 11) is 0. The Balaban J connectivity index is 3.15. The van der Waals surface area contributed by atoms with Crippen molar-refractivity contribution in [3.63, 3.8) is 0 Å². The van der Waals surface area contributed by atoms with Crippen molar-refractivity contribution in [1.82, 2.24) is 0 Å². The Kier molecular flexibility index (Phi) is 1.27. The van der Waals surface area contributed by atoms with Crippen LogP contribution in [0.2, 0.25) is 0 Å². The van der Waals surface area contributed by atoms with E-state index < -0.39 is 5.82 Å². The van der Waals surface area contributed by atoms with Crippen LogP contribution in [0.5, 0.6) is 0 Å². The normalized spacial score (nSPS) is 8.50. The van der Waals surface area contributed by atoms with E-state index in [1.54, 1.807) is 6.07 Å². The van der Waals surface area contributed by atoms with E-state index in [9.17, 15) is 4.39 Å². The summed E-state index contributed by atoms with van der Waals surface area (Å²) in [6.45, 7) is 0. The first-order valence-electron chi connectivity index (χ1n) is 1.89. The minimum atomic E-state index is -0.544. The van der Waals surface area contributed by atoms with Crippen molar-refractivity contribution in [3.8, 4) is 6.07 Å². The number of thiophene rings is 1. The summed E-state index contributed by atoms with van der Waals surface area (Å²) in [5.74, 6) is -0.544. The quantitative estimate of drug-likeness (QED) is 0.517. The molecule has 0 aromatic carbocycles. The van der Waals surface area contributed by atoms with Gasteiger partial charge in [-0.3, -0.25) is 0 Å². The maximum Gasteiger partial charge on any atom is 0.160 e. The fourth-order valence-corrected chi connectivity index (χ4v) is 0.869. The maximum absolute atomic E-state index is 12.1. The van der Waals surface area contributed by atoms with Gasteiger partial charge in [0.1, 0.15) is 6.07 Å². The Morgan fingerprint density at radius 2 is 2.62 bits per heavy atom. The Hall–Kier alpha value is -0.880. The minimum Gasteiger partial charge on any atom is -0.204 e. The number of hydrogen-bond donors (Lipinski definition) is 0. The molecular weight excluding hydrogens is 125 g/mol. The van der Waals surface area contributed by atoms with Crippen molar-refractivity contribution < 1.29 is 4.39 Å². The lowest BCUT2D eigenvalue weighted by Crippen LogP contribution is -1.69. The third kappa shape index (κ3) is 0.703. The highest BCUT2D eigenvalue weighted by Crippen LogP contribution is 2.09. The number of rotatable bonds is 0. The zero-order chi connectivity index (χ0) is 5.98. The molecule has 0 atom stereocenters. The Labute approximate surface area is 50.0 Å². The van der Waals surface area contributed by atoms with E-state index in [-0.39, 0.29) is 5.56 Å². The van der Waals surface area contributed by atoms with Crippen molar-refractivity contribution in [1.29, 1.82) is 5.26 Å². The standard InChI is InChI=1S/C5HFNS/c6-5-3-8-2-4(5)1-7/h2H. The summed E-state index contributed by atoms with van der Waals surface area (Å²) in [6, 6.07) is 1.68. The van der Waals surface area contributed by atoms with Crippen LogP contribution in [0.15, 0.2) is 5.38 Å². The SMILES string of the molecule is N#Cc1cs[c]c1F. The molecule has 0 aliphatic heterocycles. The molecule has 0 spiro atoms. The highest BCUT2D eigenvalue weighted by molar-refractivity contribution is 7.07. The van der Waals surface area contributed by atoms with Gasteiger partial charge in [-0.25, -0.2) is 4.39 Å². The fourth-order valence-electron chi connectivity index (χ4n) is 0.322. The lowest BCUT2D eigenvalue weighted by Gasteiger charge is -1.71. The van der Waals surface area contributed by atoms with E-state index >= 15 is 0 Å². The summed E-state index contributed by atoms with van der Waals surface area (Å²) in [5.41, 5.74) is 0.0787. The third-order valence-corrected chi connectivity index (χ3v) is 1.33. The third-order valence-electron chi connectivity index (χ3n) is 0.682. The van der Waals surface area contributed by atoms with Crippen LogP contribution in [0.25, 0.3) is 0 Å². The van der Waals surface area contributed by atoms with E-state index in [1.807, 2.05) is 0 Å². The molecule has 39 valence electrons. The fraction of sp³-hybridized carbons (Fsp3) is 0. The molecule has 1 rings (SSSR count). The molecule has 1 aromatic heterocycles. The van der Waals surface area contributed by atoms with E-state index in [0.717, 1.165) is 11.3 Å². The average molecular weight is 126 g/mol. The smallest absolute Gasteiger partial charge is 0.160 e. The van der Waals surface area contributed by atoms with Crippen LogP contribution in [0.1, 0.15) is 5.56 Å². The molecule has 0 fully saturated rings. The maximum atomic E-state index is 12.1. The number of nitriles is 1. The van der Waals surface area contributed by atoms with Crippen molar-refractivity contribution >= 4 is 11.3 Å². The molecule has 0 aliphatic carbocycles. The molecule has 1 heterocycles. The van der Waals surface area contributed by atoms with Gasteiger partial charge >= 0.3 is 0 Å². The molecule has 3 heteroatoms. The van der Waals surface area contributed by atoms with Crippen LogP contribution >= 0.6 is 11.3 Å². The predicted octanol–water partition coefficient (Wildman–Crippen LogP) is 1.56. The number of nitrogens with zero attached hydrogens (tertiary/aromatic N) is 1. The minimum absolute atomic E-state index is 0.0787. The molecule has 1 nitrogen and oxygen atoms in total. The van der Waals surface area contributed by atoms with E-state index in [4.69, 9.17) is 5.26 Å². The first kappa shape index (κ1) is 5.26. The monoisotopic (exact) mass is 126 g/mol. The first-order valence-corrected chi connectivity index (χ1v) is 2.77. The first-order chi connectivity index (χ1) is 3.84. The second kappa shape index (κ2) is 1.93. The van der Waals surface area contributed by atoms with Gasteiger partial charge in [0.25, 0.3) is 0 Å². The van der Waals surface area contributed by atoms with Crippen molar-refractivity contribution in [3.05, 3.63) is 22.1 Å². The number of halogens is 1. The lowest BCUT2D eigenvalue weighted by molar-refractivity contribution is 0.628. The summed E-state index contributed by atoms with van der Waals surface area (Å²) in [6.07, 6.45) is 0. The number of hydrogen-bond acceptors (Lipinski definition) is 2. The van der Waals surface area contributed by atoms with Crippen LogP contribution in [-0.4, -0.2) is 0 Å². The topological polar surface area (TPSA) is 23.8 Å². The molecule has 0 aliphatic rings. The predicted molar refractivity (Wildman–Crippen MR) is 27.8 cm³/mol. The van der Waals surface area contributed by atoms with Crippen LogP contribution in [0, 0.1) is 22.5 Å². The van der Waals surface area contributed by atoms with Gasteiger partial charge < -0.3 is 0 Å². The Morgan fingerprint density at radius 1 is 1.88 bits per heavy atom. The summed E-state index contributed by atoms with van der Waals surface area (Å²) in [5, 5.41) is 11.8. The van der Waals surface area contributed by atoms with Crippen LogP contribution in [-0.2, 0) is 0 Å². The summed E-state index contributed by atoms with van der Waals surface area (Å²) >= 11 is 1.07. The summed E-state index contributed by atoms with van der Waals surface area (Å²) in [4.78, 5) is 0. The molecule has 0 amide bonds. The van der Waals surface area contributed by atoms with Crippen molar-refractivity contribution in [2.24, 2.45) is 0 Å². The van der Waals surface area contributed by atoms with Crippen LogP contribution < -0.4 is 0 Å². The molecule has 1 radical (unpaired) electrons. The molecule has 1 aromatic rings. The highest BCUT2D eigenvalue weighted by Gasteiger charge is 1.98. The second-order valence-electron chi connectivity index (χ2n) is 1.18. The highest BCUT2D eigenvalue weighted by atomic mass is 32.1. The van der Waals surface area contributed by atoms with Crippen LogP contribution in [0.3, 0.4) is 0 Å². The second-order valence-corrected chi connectivity index (χ2v) is 1.85. The van der Waals surface area contributed by atoms with Gasteiger partial charge in [0.2, 0.25) is 0 Å². The van der Waals surface area contributed by atoms with E-state index in [1.165, 1.54) is 5.38 Å². The molecule has 0 saturated heterocycles. The Morgan fingerprint density at radius 3 is 2.88 bits per heavy atom. The van der Waals surface area contributed by atoms with Gasteiger partial charge in [0, 0.05) is 5.38 Å². The largest absolute Gasteiger partial charge is 0.204 e. The molecule has 0 unspecified atom stereocenters. The van der Waals surface area contributed by atoms with Gasteiger partial charge in [-0.2, -0.15) is 5.26 Å². The van der Waals surface area contributed by atoms with Gasteiger partial charge in [-0.15, -0.1) is 11.3 Å². The van der Waals surface area contributed by atoms with Gasteiger partial charge in [0.15, 0.2) is 5.82 Å². The van der Waals surface area contributed by atoms with Crippen molar-refractivity contribution in [2.75, 3.05) is 0 Å². The van der Waals surface area contributed by atoms with E-state index in [2.05, 4.69) is 5.38 Å². The van der Waals surface area contributed by atoms with Gasteiger partial charge in [-0.1, -0.05) is 0 Å². The molecular formula is C5HFNS. The lowest BCUT2D eigenvalue weighted by atomic mass is 10.4.